The third-order valence-corrected chi connectivity index (χ3v) is 3.33. The summed E-state index contributed by atoms with van der Waals surface area (Å²) in [4.78, 5) is 8.80. The molecule has 0 fully saturated rings. The number of imidazole rings is 1. The van der Waals surface area contributed by atoms with Crippen molar-refractivity contribution in [2.75, 3.05) is 17.7 Å². The molecular weight excluding hydrogens is 274 g/mol. The Morgan fingerprint density at radius 3 is 2.95 bits per heavy atom. The second-order valence-corrected chi connectivity index (χ2v) is 4.90. The lowest BCUT2D eigenvalue weighted by Crippen LogP contribution is -2.02. The van der Waals surface area contributed by atoms with Gasteiger partial charge in [0.05, 0.1) is 16.9 Å². The fourth-order valence-electron chi connectivity index (χ4n) is 2.00. The van der Waals surface area contributed by atoms with Crippen molar-refractivity contribution >= 4 is 34.6 Å². The van der Waals surface area contributed by atoms with E-state index in [-0.39, 0.29) is 0 Å². The number of aromatic nitrogens is 3. The first-order valence-electron chi connectivity index (χ1n) is 6.22. The zero-order valence-corrected chi connectivity index (χ0v) is 11.9. The van der Waals surface area contributed by atoms with E-state index in [1.54, 1.807) is 6.20 Å². The lowest BCUT2D eigenvalue weighted by molar-refractivity contribution is 1.12. The topological polar surface area (TPSA) is 54.2 Å². The number of benzene rings is 1. The monoisotopic (exact) mass is 287 g/mol. The van der Waals surface area contributed by atoms with Gasteiger partial charge in [0.25, 0.3) is 0 Å². The number of nitrogens with one attached hydrogen (secondary N) is 2. The van der Waals surface area contributed by atoms with Crippen LogP contribution in [0.15, 0.2) is 36.8 Å². The van der Waals surface area contributed by atoms with Crippen LogP contribution in [0.1, 0.15) is 5.56 Å². The lowest BCUT2D eigenvalue weighted by atomic mass is 10.2. The summed E-state index contributed by atoms with van der Waals surface area (Å²) >= 11 is 6.21. The summed E-state index contributed by atoms with van der Waals surface area (Å²) in [6.07, 6.45) is 5.49. The molecule has 20 heavy (non-hydrogen) atoms. The molecule has 0 atom stereocenters. The Bertz CT molecular complexity index is 765. The van der Waals surface area contributed by atoms with Gasteiger partial charge >= 0.3 is 0 Å². The summed E-state index contributed by atoms with van der Waals surface area (Å²) in [7, 11) is 1.83. The zero-order valence-electron chi connectivity index (χ0n) is 11.2. The van der Waals surface area contributed by atoms with Crippen molar-refractivity contribution in [3.05, 3.63) is 47.4 Å². The Morgan fingerprint density at radius 1 is 1.30 bits per heavy atom. The molecule has 102 valence electrons. The van der Waals surface area contributed by atoms with Gasteiger partial charge < -0.3 is 15.0 Å². The molecule has 0 saturated heterocycles. The second-order valence-electron chi connectivity index (χ2n) is 4.49. The van der Waals surface area contributed by atoms with Crippen molar-refractivity contribution < 1.29 is 0 Å². The van der Waals surface area contributed by atoms with Gasteiger partial charge in [0.1, 0.15) is 5.82 Å². The summed E-state index contributed by atoms with van der Waals surface area (Å²) in [5.74, 6) is 1.41. The van der Waals surface area contributed by atoms with Crippen molar-refractivity contribution in [2.45, 2.75) is 6.92 Å². The van der Waals surface area contributed by atoms with Crippen molar-refractivity contribution in [2.24, 2.45) is 0 Å². The lowest BCUT2D eigenvalue weighted by Gasteiger charge is -2.11. The van der Waals surface area contributed by atoms with E-state index >= 15 is 0 Å². The van der Waals surface area contributed by atoms with Crippen LogP contribution in [0.5, 0.6) is 0 Å². The molecule has 1 aromatic carbocycles. The summed E-state index contributed by atoms with van der Waals surface area (Å²) in [6, 6.07) is 5.81. The first-order chi connectivity index (χ1) is 9.67. The normalized spacial score (nSPS) is 10.8. The number of hydrogen-bond donors (Lipinski definition) is 2. The molecule has 0 amide bonds. The van der Waals surface area contributed by atoms with Crippen LogP contribution in [0.2, 0.25) is 5.02 Å². The Hall–Kier alpha value is -2.27. The van der Waals surface area contributed by atoms with E-state index in [0.717, 1.165) is 22.7 Å². The number of halogens is 1. The molecule has 0 radical (unpaired) electrons. The van der Waals surface area contributed by atoms with Crippen LogP contribution in [-0.4, -0.2) is 21.4 Å². The predicted octanol–water partition coefficient (Wildman–Crippen LogP) is 3.48. The average Bonchev–Trinajstić information content (AvgIpc) is 2.91. The number of rotatable bonds is 3. The summed E-state index contributed by atoms with van der Waals surface area (Å²) in [5, 5.41) is 6.93. The Balaban J connectivity index is 2.09. The predicted molar refractivity (Wildman–Crippen MR) is 82.0 cm³/mol. The van der Waals surface area contributed by atoms with Crippen LogP contribution < -0.4 is 10.6 Å². The molecule has 3 rings (SSSR count). The van der Waals surface area contributed by atoms with Gasteiger partial charge in [-0.2, -0.15) is 0 Å². The van der Waals surface area contributed by atoms with Crippen molar-refractivity contribution in [3.8, 4) is 0 Å². The third-order valence-electron chi connectivity index (χ3n) is 3.01. The van der Waals surface area contributed by atoms with E-state index in [9.17, 15) is 0 Å². The van der Waals surface area contributed by atoms with E-state index in [2.05, 4.69) is 20.6 Å². The highest BCUT2D eigenvalue weighted by Crippen LogP contribution is 2.27. The van der Waals surface area contributed by atoms with E-state index in [4.69, 9.17) is 11.6 Å². The molecule has 0 spiro atoms. The second kappa shape index (κ2) is 5.02. The van der Waals surface area contributed by atoms with Crippen molar-refractivity contribution in [1.29, 1.82) is 0 Å². The van der Waals surface area contributed by atoms with E-state index in [1.165, 1.54) is 0 Å². The van der Waals surface area contributed by atoms with Crippen LogP contribution in [0, 0.1) is 6.92 Å². The highest BCUT2D eigenvalue weighted by Gasteiger charge is 2.09. The SMILES string of the molecule is CNc1cn2ccnc2c(Nc2cc(C)ccc2Cl)n1. The van der Waals surface area contributed by atoms with Crippen LogP contribution >= 0.6 is 11.6 Å². The molecule has 0 aliphatic heterocycles. The van der Waals surface area contributed by atoms with Crippen LogP contribution in [-0.2, 0) is 0 Å². The maximum atomic E-state index is 6.21. The number of hydrogen-bond acceptors (Lipinski definition) is 4. The highest BCUT2D eigenvalue weighted by atomic mass is 35.5. The molecule has 0 aliphatic carbocycles. The fourth-order valence-corrected chi connectivity index (χ4v) is 2.16. The van der Waals surface area contributed by atoms with E-state index < -0.39 is 0 Å². The number of fused-ring (bicyclic) bond motifs is 1. The fraction of sp³-hybridized carbons (Fsp3) is 0.143. The molecule has 2 aromatic heterocycles. The van der Waals surface area contributed by atoms with E-state index in [1.807, 2.05) is 49.0 Å². The molecule has 0 aliphatic rings. The standard InChI is InChI=1S/C14H14ClN5/c1-9-3-4-10(15)11(7-9)18-13-14-17-5-6-20(14)8-12(16-2)19-13/h3-8,16H,1-2H3,(H,18,19). The molecule has 2 heterocycles. The highest BCUT2D eigenvalue weighted by molar-refractivity contribution is 6.33. The molecule has 2 N–H and O–H groups in total. The minimum absolute atomic E-state index is 0.650. The first kappa shape index (κ1) is 12.7. The van der Waals surface area contributed by atoms with Gasteiger partial charge in [0.2, 0.25) is 0 Å². The molecular formula is C14H14ClN5. The Kier molecular flexibility index (Phi) is 3.20. The van der Waals surface area contributed by atoms with Gasteiger partial charge in [0, 0.05) is 19.4 Å². The molecule has 0 unspecified atom stereocenters. The quantitative estimate of drug-likeness (QED) is 0.774. The van der Waals surface area contributed by atoms with Gasteiger partial charge in [-0.15, -0.1) is 0 Å². The number of anilines is 3. The maximum Gasteiger partial charge on any atom is 0.180 e. The summed E-state index contributed by atoms with van der Waals surface area (Å²) in [5.41, 5.74) is 2.69. The van der Waals surface area contributed by atoms with Gasteiger partial charge in [-0.25, -0.2) is 9.97 Å². The van der Waals surface area contributed by atoms with Gasteiger partial charge in [-0.05, 0) is 24.6 Å². The minimum Gasteiger partial charge on any atom is -0.372 e. The number of aryl methyl sites for hydroxylation is 1. The number of nitrogens with zero attached hydrogens (tertiary/aromatic N) is 3. The summed E-state index contributed by atoms with van der Waals surface area (Å²) in [6.45, 7) is 2.02. The van der Waals surface area contributed by atoms with Crippen LogP contribution in [0.25, 0.3) is 5.65 Å². The van der Waals surface area contributed by atoms with Crippen LogP contribution in [0.3, 0.4) is 0 Å². The van der Waals surface area contributed by atoms with Gasteiger partial charge in [0.15, 0.2) is 11.5 Å². The first-order valence-corrected chi connectivity index (χ1v) is 6.60. The summed E-state index contributed by atoms with van der Waals surface area (Å²) < 4.78 is 1.91. The van der Waals surface area contributed by atoms with Crippen molar-refractivity contribution in [1.82, 2.24) is 14.4 Å². The minimum atomic E-state index is 0.650. The van der Waals surface area contributed by atoms with Gasteiger partial charge in [-0.3, -0.25) is 0 Å². The largest absolute Gasteiger partial charge is 0.372 e. The molecule has 0 bridgehead atoms. The average molecular weight is 288 g/mol. The van der Waals surface area contributed by atoms with Crippen molar-refractivity contribution in [3.63, 3.8) is 0 Å². The maximum absolute atomic E-state index is 6.21. The van der Waals surface area contributed by atoms with E-state index in [0.29, 0.717) is 10.8 Å². The smallest absolute Gasteiger partial charge is 0.180 e. The zero-order chi connectivity index (χ0) is 14.1. The Morgan fingerprint density at radius 2 is 2.15 bits per heavy atom. The molecule has 6 heteroatoms. The molecule has 5 nitrogen and oxygen atoms in total. The molecule has 3 aromatic rings. The third kappa shape index (κ3) is 2.28. The Labute approximate surface area is 121 Å². The van der Waals surface area contributed by atoms with Gasteiger partial charge in [-0.1, -0.05) is 17.7 Å². The van der Waals surface area contributed by atoms with Crippen LogP contribution in [0.4, 0.5) is 17.3 Å². The molecule has 0 saturated carbocycles.